The number of rotatable bonds is 7. The maximum absolute atomic E-state index is 5.99. The maximum Gasteiger partial charge on any atom is 0.0887 e. The third-order valence-electron chi connectivity index (χ3n) is 2.81. The quantitative estimate of drug-likeness (QED) is 0.722. The highest BCUT2D eigenvalue weighted by molar-refractivity contribution is 9.11. The van der Waals surface area contributed by atoms with Gasteiger partial charge in [0.05, 0.1) is 8.81 Å². The zero-order valence-electron chi connectivity index (χ0n) is 9.27. The summed E-state index contributed by atoms with van der Waals surface area (Å²) in [5, 5.41) is 4.40. The molecular weight excluding hydrogens is 306 g/mol. The highest BCUT2D eigenvalue weighted by atomic mass is 79.9. The molecule has 1 aliphatic carbocycles. The predicted octanol–water partition coefficient (Wildman–Crippen LogP) is 4.63. The monoisotopic (exact) mass is 321 g/mol. The first-order valence-corrected chi connectivity index (χ1v) is 7.91. The summed E-state index contributed by atoms with van der Waals surface area (Å²) >= 11 is 11.2. The van der Waals surface area contributed by atoms with Crippen LogP contribution in [0.4, 0.5) is 0 Å². The molecule has 0 atom stereocenters. The van der Waals surface area contributed by atoms with Gasteiger partial charge in [0.25, 0.3) is 0 Å². The summed E-state index contributed by atoms with van der Waals surface area (Å²) in [6.45, 7) is 1.19. The van der Waals surface area contributed by atoms with Gasteiger partial charge in [0.2, 0.25) is 0 Å². The lowest BCUT2D eigenvalue weighted by molar-refractivity contribution is 0.601. The van der Waals surface area contributed by atoms with E-state index in [-0.39, 0.29) is 0 Å². The van der Waals surface area contributed by atoms with Crippen molar-refractivity contribution in [2.24, 2.45) is 0 Å². The highest BCUT2D eigenvalue weighted by Crippen LogP contribution is 2.32. The smallest absolute Gasteiger partial charge is 0.0887 e. The first-order valence-electron chi connectivity index (χ1n) is 5.93. The van der Waals surface area contributed by atoms with Gasteiger partial charge in [0.15, 0.2) is 0 Å². The fourth-order valence-electron chi connectivity index (χ4n) is 1.71. The molecule has 1 N–H and O–H groups in total. The van der Waals surface area contributed by atoms with E-state index in [1.54, 1.807) is 11.3 Å². The second-order valence-corrected chi connectivity index (χ2v) is 7.24. The van der Waals surface area contributed by atoms with Gasteiger partial charge in [-0.2, -0.15) is 0 Å². The Morgan fingerprint density at radius 3 is 2.81 bits per heavy atom. The minimum Gasteiger partial charge on any atom is -0.314 e. The van der Waals surface area contributed by atoms with Crippen molar-refractivity contribution in [2.45, 2.75) is 44.6 Å². The van der Waals surface area contributed by atoms with Crippen LogP contribution in [0.15, 0.2) is 9.85 Å². The van der Waals surface area contributed by atoms with Gasteiger partial charge in [0.1, 0.15) is 0 Å². The van der Waals surface area contributed by atoms with Crippen LogP contribution in [0.25, 0.3) is 0 Å². The van der Waals surface area contributed by atoms with E-state index in [2.05, 4.69) is 27.3 Å². The molecule has 0 amide bonds. The summed E-state index contributed by atoms with van der Waals surface area (Å²) in [7, 11) is 0. The molecule has 0 aliphatic heterocycles. The molecule has 0 radical (unpaired) electrons. The van der Waals surface area contributed by atoms with Crippen LogP contribution in [-0.2, 0) is 6.42 Å². The number of hydrogen-bond donors (Lipinski definition) is 1. The second-order valence-electron chi connectivity index (χ2n) is 4.37. The Morgan fingerprint density at radius 2 is 2.19 bits per heavy atom. The first kappa shape index (κ1) is 12.9. The molecule has 1 heterocycles. The molecule has 90 valence electrons. The molecule has 2 rings (SSSR count). The summed E-state index contributed by atoms with van der Waals surface area (Å²) in [6.07, 6.45) is 7.84. The number of hydrogen-bond acceptors (Lipinski definition) is 2. The summed E-state index contributed by atoms with van der Waals surface area (Å²) in [5.74, 6) is 0. The van der Waals surface area contributed by atoms with Gasteiger partial charge in [-0.25, -0.2) is 0 Å². The van der Waals surface area contributed by atoms with Gasteiger partial charge >= 0.3 is 0 Å². The molecule has 1 aliphatic rings. The standard InChI is InChI=1S/C12H17BrClNS/c13-12-11(14)8-10(16-12)4-2-1-3-7-15-9-5-6-9/h8-9,15H,1-7H2. The minimum absolute atomic E-state index is 0.854. The Kier molecular flexibility index (Phi) is 5.14. The SMILES string of the molecule is Clc1cc(CCCCCNC2CC2)sc1Br. The fraction of sp³-hybridized carbons (Fsp3) is 0.667. The number of aryl methyl sites for hydroxylation is 1. The Morgan fingerprint density at radius 1 is 1.38 bits per heavy atom. The van der Waals surface area contributed by atoms with Crippen molar-refractivity contribution >= 4 is 38.9 Å². The van der Waals surface area contributed by atoms with E-state index < -0.39 is 0 Å². The molecule has 0 saturated heterocycles. The molecule has 1 fully saturated rings. The third-order valence-corrected chi connectivity index (χ3v) is 5.34. The lowest BCUT2D eigenvalue weighted by atomic mass is 10.2. The maximum atomic E-state index is 5.99. The number of nitrogens with one attached hydrogen (secondary N) is 1. The van der Waals surface area contributed by atoms with Crippen LogP contribution in [0.5, 0.6) is 0 Å². The van der Waals surface area contributed by atoms with Crippen molar-refractivity contribution in [1.29, 1.82) is 0 Å². The van der Waals surface area contributed by atoms with Gasteiger partial charge in [-0.1, -0.05) is 18.0 Å². The minimum atomic E-state index is 0.854. The van der Waals surface area contributed by atoms with Gasteiger partial charge < -0.3 is 5.32 Å². The summed E-state index contributed by atoms with van der Waals surface area (Å²) < 4.78 is 1.07. The van der Waals surface area contributed by atoms with E-state index in [9.17, 15) is 0 Å². The Labute approximate surface area is 115 Å². The van der Waals surface area contributed by atoms with Crippen molar-refractivity contribution in [3.63, 3.8) is 0 Å². The lowest BCUT2D eigenvalue weighted by Gasteiger charge is -2.01. The van der Waals surface area contributed by atoms with E-state index in [1.165, 1.54) is 49.9 Å². The van der Waals surface area contributed by atoms with Crippen LogP contribution >= 0.6 is 38.9 Å². The van der Waals surface area contributed by atoms with Crippen LogP contribution in [0.1, 0.15) is 37.0 Å². The molecule has 1 aromatic rings. The van der Waals surface area contributed by atoms with Crippen molar-refractivity contribution in [3.8, 4) is 0 Å². The summed E-state index contributed by atoms with van der Waals surface area (Å²) in [4.78, 5) is 1.40. The normalized spacial score (nSPS) is 15.6. The number of halogens is 2. The van der Waals surface area contributed by atoms with Crippen molar-refractivity contribution in [3.05, 3.63) is 19.8 Å². The van der Waals surface area contributed by atoms with E-state index >= 15 is 0 Å². The molecule has 4 heteroatoms. The molecular formula is C12H17BrClNS. The Bertz CT molecular complexity index is 316. The lowest BCUT2D eigenvalue weighted by Crippen LogP contribution is -2.17. The summed E-state index contributed by atoms with van der Waals surface area (Å²) in [5.41, 5.74) is 0. The van der Waals surface area contributed by atoms with E-state index in [4.69, 9.17) is 11.6 Å². The molecule has 0 aromatic carbocycles. The van der Waals surface area contributed by atoms with Crippen LogP contribution in [0.2, 0.25) is 5.02 Å². The zero-order chi connectivity index (χ0) is 11.4. The van der Waals surface area contributed by atoms with Crippen molar-refractivity contribution < 1.29 is 0 Å². The largest absolute Gasteiger partial charge is 0.314 e. The van der Waals surface area contributed by atoms with Gasteiger partial charge in [-0.15, -0.1) is 11.3 Å². The molecule has 1 nitrogen and oxygen atoms in total. The van der Waals surface area contributed by atoms with Crippen LogP contribution in [0.3, 0.4) is 0 Å². The van der Waals surface area contributed by atoms with Crippen LogP contribution in [-0.4, -0.2) is 12.6 Å². The molecule has 1 aromatic heterocycles. The fourth-order valence-corrected chi connectivity index (χ4v) is 3.57. The predicted molar refractivity (Wildman–Crippen MR) is 75.6 cm³/mol. The second kappa shape index (κ2) is 6.39. The van der Waals surface area contributed by atoms with Crippen molar-refractivity contribution in [2.75, 3.05) is 6.54 Å². The molecule has 16 heavy (non-hydrogen) atoms. The zero-order valence-corrected chi connectivity index (χ0v) is 12.4. The first-order chi connectivity index (χ1) is 7.75. The van der Waals surface area contributed by atoms with Crippen LogP contribution in [0, 0.1) is 0 Å². The number of thiophene rings is 1. The molecule has 0 spiro atoms. The van der Waals surface area contributed by atoms with Gasteiger partial charge in [-0.05, 0) is 60.6 Å². The average molecular weight is 323 g/mol. The third kappa shape index (κ3) is 4.36. The van der Waals surface area contributed by atoms with Crippen LogP contribution < -0.4 is 5.32 Å². The average Bonchev–Trinajstić information content (AvgIpc) is 3.01. The number of unbranched alkanes of at least 4 members (excludes halogenated alkanes) is 2. The van der Waals surface area contributed by atoms with Gasteiger partial charge in [-0.3, -0.25) is 0 Å². The Balaban J connectivity index is 1.53. The highest BCUT2D eigenvalue weighted by Gasteiger charge is 2.19. The molecule has 0 bridgehead atoms. The molecule has 1 saturated carbocycles. The summed E-state index contributed by atoms with van der Waals surface area (Å²) in [6, 6.07) is 2.94. The van der Waals surface area contributed by atoms with E-state index in [1.807, 2.05) is 0 Å². The molecule has 0 unspecified atom stereocenters. The van der Waals surface area contributed by atoms with E-state index in [0.29, 0.717) is 0 Å². The Hall–Kier alpha value is 0.430. The topological polar surface area (TPSA) is 12.0 Å². The van der Waals surface area contributed by atoms with Crippen molar-refractivity contribution in [1.82, 2.24) is 5.32 Å². The van der Waals surface area contributed by atoms with Gasteiger partial charge in [0, 0.05) is 10.9 Å². The van der Waals surface area contributed by atoms with E-state index in [0.717, 1.165) is 14.9 Å².